The Hall–Kier alpha value is -3.12. The Morgan fingerprint density at radius 1 is 0.800 bits per heavy atom. The number of rotatable bonds is 9. The third-order valence-electron chi connectivity index (χ3n) is 3.76. The maximum Gasteiger partial charge on any atom is 0.270 e. The zero-order valence-electron chi connectivity index (χ0n) is 16.0. The lowest BCUT2D eigenvalue weighted by molar-refractivity contribution is -0.385. The number of nitro benzene ring substituents is 2. The summed E-state index contributed by atoms with van der Waals surface area (Å²) in [7, 11) is 2.15. The van der Waals surface area contributed by atoms with Crippen molar-refractivity contribution in [1.82, 2.24) is 0 Å². The van der Waals surface area contributed by atoms with Crippen molar-refractivity contribution in [2.45, 2.75) is 36.5 Å². The van der Waals surface area contributed by atoms with E-state index < -0.39 is 9.85 Å². The maximum atomic E-state index is 11.8. The summed E-state index contributed by atoms with van der Waals surface area (Å²) in [6.07, 6.45) is 0.457. The Kier molecular flexibility index (Phi) is 8.18. The van der Waals surface area contributed by atoms with Crippen molar-refractivity contribution in [3.05, 3.63) is 56.6 Å². The van der Waals surface area contributed by atoms with Crippen LogP contribution < -0.4 is 10.6 Å². The second kappa shape index (κ2) is 10.6. The van der Waals surface area contributed by atoms with E-state index in [1.807, 2.05) is 0 Å². The minimum atomic E-state index is -0.555. The van der Waals surface area contributed by atoms with Crippen molar-refractivity contribution in [2.75, 3.05) is 10.6 Å². The fourth-order valence-electron chi connectivity index (χ4n) is 2.16. The molecule has 0 aliphatic carbocycles. The third kappa shape index (κ3) is 6.19. The zero-order valence-corrected chi connectivity index (χ0v) is 17.7. The quantitative estimate of drug-likeness (QED) is 0.308. The molecule has 0 aliphatic rings. The minimum Gasteiger partial charge on any atom is -0.325 e. The molecule has 0 radical (unpaired) electrons. The maximum absolute atomic E-state index is 11.8. The number of hydrogen-bond donors (Lipinski definition) is 2. The van der Waals surface area contributed by atoms with Crippen LogP contribution >= 0.6 is 21.6 Å². The van der Waals surface area contributed by atoms with Crippen molar-refractivity contribution >= 4 is 56.2 Å². The molecular formula is C18H18N4O6S2. The van der Waals surface area contributed by atoms with E-state index in [1.54, 1.807) is 13.8 Å². The molecule has 0 aromatic heterocycles. The van der Waals surface area contributed by atoms with Crippen LogP contribution in [0.5, 0.6) is 0 Å². The molecule has 0 unspecified atom stereocenters. The summed E-state index contributed by atoms with van der Waals surface area (Å²) >= 11 is 0. The van der Waals surface area contributed by atoms with E-state index in [9.17, 15) is 29.8 Å². The molecule has 0 bridgehead atoms. The Balaban J connectivity index is 2.38. The molecule has 0 aliphatic heterocycles. The van der Waals surface area contributed by atoms with Gasteiger partial charge in [0.15, 0.2) is 0 Å². The molecule has 2 rings (SSSR count). The standard InChI is InChI=1S/C18H18N4O6S2/c1-3-17(23)19-13-7-5-11(21(25)26)9-15(13)29-30-16-10-12(22(27)28)6-8-14(16)20-18(24)4-2/h5-10H,3-4H2,1-2H3,(H,19,23)(H,20,24). The summed E-state index contributed by atoms with van der Waals surface area (Å²) in [6, 6.07) is 8.04. The van der Waals surface area contributed by atoms with Gasteiger partial charge in [0, 0.05) is 46.9 Å². The number of nitrogens with zero attached hydrogens (tertiary/aromatic N) is 2. The van der Waals surface area contributed by atoms with Gasteiger partial charge in [-0.1, -0.05) is 35.4 Å². The molecule has 12 heteroatoms. The van der Waals surface area contributed by atoms with Gasteiger partial charge < -0.3 is 10.6 Å². The highest BCUT2D eigenvalue weighted by Crippen LogP contribution is 2.45. The number of benzene rings is 2. The van der Waals surface area contributed by atoms with Gasteiger partial charge in [-0.25, -0.2) is 0 Å². The summed E-state index contributed by atoms with van der Waals surface area (Å²) in [5.41, 5.74) is 0.446. The molecule has 0 saturated heterocycles. The van der Waals surface area contributed by atoms with Crippen LogP contribution in [-0.4, -0.2) is 21.7 Å². The number of anilines is 2. The van der Waals surface area contributed by atoms with Crippen molar-refractivity contribution < 1.29 is 19.4 Å². The molecule has 2 aromatic rings. The van der Waals surface area contributed by atoms with Gasteiger partial charge in [-0.2, -0.15) is 0 Å². The molecule has 0 saturated carbocycles. The number of hydrogen-bond acceptors (Lipinski definition) is 8. The largest absolute Gasteiger partial charge is 0.325 e. The molecule has 0 heterocycles. The fraction of sp³-hybridized carbons (Fsp3) is 0.222. The van der Waals surface area contributed by atoms with Crippen molar-refractivity contribution in [3.63, 3.8) is 0 Å². The highest BCUT2D eigenvalue weighted by molar-refractivity contribution is 8.76. The Bertz CT molecular complexity index is 919. The van der Waals surface area contributed by atoms with Gasteiger partial charge in [0.1, 0.15) is 0 Å². The summed E-state index contributed by atoms with van der Waals surface area (Å²) in [5.74, 6) is -0.524. The number of amides is 2. The number of carbonyl (C=O) groups excluding carboxylic acids is 2. The van der Waals surface area contributed by atoms with E-state index >= 15 is 0 Å². The van der Waals surface area contributed by atoms with E-state index in [0.29, 0.717) is 21.2 Å². The summed E-state index contributed by atoms with van der Waals surface area (Å²) in [6.45, 7) is 3.35. The molecule has 2 amide bonds. The van der Waals surface area contributed by atoms with Crippen LogP contribution in [0.4, 0.5) is 22.7 Å². The lowest BCUT2D eigenvalue weighted by Crippen LogP contribution is -2.10. The normalized spacial score (nSPS) is 10.3. The van der Waals surface area contributed by atoms with Crippen LogP contribution in [-0.2, 0) is 9.59 Å². The Morgan fingerprint density at radius 2 is 1.17 bits per heavy atom. The first kappa shape index (κ1) is 23.2. The topological polar surface area (TPSA) is 144 Å². The SMILES string of the molecule is CCC(=O)Nc1ccc([N+](=O)[O-])cc1SSc1cc([N+](=O)[O-])ccc1NC(=O)CC. The second-order valence-corrected chi connectivity index (χ2v) is 8.06. The number of carbonyl (C=O) groups is 2. The van der Waals surface area contributed by atoms with Crippen LogP contribution in [0.1, 0.15) is 26.7 Å². The molecule has 158 valence electrons. The van der Waals surface area contributed by atoms with Gasteiger partial charge in [0.05, 0.1) is 21.2 Å². The van der Waals surface area contributed by atoms with Gasteiger partial charge >= 0.3 is 0 Å². The average Bonchev–Trinajstić information content (AvgIpc) is 2.73. The lowest BCUT2D eigenvalue weighted by Gasteiger charge is -2.12. The molecular weight excluding hydrogens is 432 g/mol. The van der Waals surface area contributed by atoms with E-state index in [0.717, 1.165) is 21.6 Å². The Labute approximate surface area is 179 Å². The highest BCUT2D eigenvalue weighted by Gasteiger charge is 2.17. The van der Waals surface area contributed by atoms with Crippen LogP contribution in [0, 0.1) is 20.2 Å². The van der Waals surface area contributed by atoms with E-state index in [2.05, 4.69) is 10.6 Å². The van der Waals surface area contributed by atoms with Crippen LogP contribution in [0.15, 0.2) is 46.2 Å². The Morgan fingerprint density at radius 3 is 1.47 bits per heavy atom. The predicted molar refractivity (Wildman–Crippen MR) is 116 cm³/mol. The van der Waals surface area contributed by atoms with Gasteiger partial charge in [-0.05, 0) is 12.1 Å². The van der Waals surface area contributed by atoms with Gasteiger partial charge in [-0.15, -0.1) is 0 Å². The molecule has 2 aromatic carbocycles. The first-order valence-electron chi connectivity index (χ1n) is 8.76. The van der Waals surface area contributed by atoms with E-state index in [1.165, 1.54) is 36.4 Å². The second-order valence-electron chi connectivity index (χ2n) is 5.85. The van der Waals surface area contributed by atoms with Crippen molar-refractivity contribution in [2.24, 2.45) is 0 Å². The monoisotopic (exact) mass is 450 g/mol. The van der Waals surface area contributed by atoms with Crippen LogP contribution in [0.2, 0.25) is 0 Å². The molecule has 0 atom stereocenters. The average molecular weight is 450 g/mol. The summed E-state index contributed by atoms with van der Waals surface area (Å²) in [5, 5.41) is 27.6. The van der Waals surface area contributed by atoms with E-state index in [-0.39, 0.29) is 36.0 Å². The summed E-state index contributed by atoms with van der Waals surface area (Å²) in [4.78, 5) is 45.5. The number of nitrogens with one attached hydrogen (secondary N) is 2. The van der Waals surface area contributed by atoms with Crippen molar-refractivity contribution in [1.29, 1.82) is 0 Å². The predicted octanol–water partition coefficient (Wildman–Crippen LogP) is 5.00. The summed E-state index contributed by atoms with van der Waals surface area (Å²) < 4.78 is 0. The minimum absolute atomic E-state index is 0.161. The van der Waals surface area contributed by atoms with Crippen LogP contribution in [0.25, 0.3) is 0 Å². The van der Waals surface area contributed by atoms with Gasteiger partial charge in [-0.3, -0.25) is 29.8 Å². The molecule has 2 N–H and O–H groups in total. The molecule has 30 heavy (non-hydrogen) atoms. The van der Waals surface area contributed by atoms with Crippen LogP contribution in [0.3, 0.4) is 0 Å². The number of non-ortho nitro benzene ring substituents is 2. The van der Waals surface area contributed by atoms with Gasteiger partial charge in [0.25, 0.3) is 11.4 Å². The molecule has 0 fully saturated rings. The first-order chi connectivity index (χ1) is 14.2. The molecule has 0 spiro atoms. The van der Waals surface area contributed by atoms with Gasteiger partial charge in [0.2, 0.25) is 11.8 Å². The third-order valence-corrected chi connectivity index (χ3v) is 6.21. The zero-order chi connectivity index (χ0) is 22.3. The number of nitro groups is 2. The lowest BCUT2D eigenvalue weighted by atomic mass is 10.2. The fourth-order valence-corrected chi connectivity index (χ4v) is 4.46. The smallest absolute Gasteiger partial charge is 0.270 e. The highest BCUT2D eigenvalue weighted by atomic mass is 33.1. The first-order valence-corrected chi connectivity index (χ1v) is 10.9. The van der Waals surface area contributed by atoms with E-state index in [4.69, 9.17) is 0 Å². The molecule has 10 nitrogen and oxygen atoms in total. The van der Waals surface area contributed by atoms with Crippen molar-refractivity contribution in [3.8, 4) is 0 Å².